The van der Waals surface area contributed by atoms with Crippen LogP contribution >= 0.6 is 0 Å². The third-order valence-electron chi connectivity index (χ3n) is 11.3. The van der Waals surface area contributed by atoms with Crippen LogP contribution in [-0.2, 0) is 0 Å². The van der Waals surface area contributed by atoms with E-state index < -0.39 is 17.8 Å². The van der Waals surface area contributed by atoms with E-state index in [1.807, 2.05) is 0 Å². The molecule has 3 N–H and O–H groups in total. The van der Waals surface area contributed by atoms with E-state index >= 15 is 0 Å². The maximum absolute atomic E-state index is 11.6. The first kappa shape index (κ1) is 23.8. The van der Waals surface area contributed by atoms with Crippen LogP contribution in [0.25, 0.3) is 0 Å². The summed E-state index contributed by atoms with van der Waals surface area (Å²) < 4.78 is 0. The van der Waals surface area contributed by atoms with Crippen molar-refractivity contribution in [1.29, 1.82) is 0 Å². The lowest BCUT2D eigenvalue weighted by Gasteiger charge is -2.65. The van der Waals surface area contributed by atoms with Gasteiger partial charge in [0.25, 0.3) is 0 Å². The zero-order chi connectivity index (χ0) is 22.8. The van der Waals surface area contributed by atoms with Gasteiger partial charge in [-0.25, -0.2) is 0 Å². The molecule has 31 heavy (non-hydrogen) atoms. The van der Waals surface area contributed by atoms with E-state index in [9.17, 15) is 15.3 Å². The first-order valence-corrected chi connectivity index (χ1v) is 13.2. The minimum absolute atomic E-state index is 0.272. The number of hydrogen-bond acceptors (Lipinski definition) is 3. The van der Waals surface area contributed by atoms with Crippen LogP contribution in [-0.4, -0.2) is 33.1 Å². The molecule has 11 atom stereocenters. The summed E-state index contributed by atoms with van der Waals surface area (Å²) in [6.07, 6.45) is 11.4. The molecule has 0 aromatic rings. The second-order valence-electron chi connectivity index (χ2n) is 12.9. The van der Waals surface area contributed by atoms with Crippen molar-refractivity contribution in [2.24, 2.45) is 52.3 Å². The standard InChI is InChI=1S/C28H48O3/c1-17(2)18(3)7-8-19(4)22-9-10-23-21-15-25(30)28(31)16-20(29)11-14-27(28,6)24(21)12-13-26(22,23)5/h7-8,17-25,29-31H,9-16H2,1-6H3/b8-7+/t18-,19-,20+,21+,22-,23+,24+,25-,26-,27-,28+/m1/s1. The van der Waals surface area contributed by atoms with Gasteiger partial charge in [-0.15, -0.1) is 0 Å². The molecule has 4 rings (SSSR count). The SMILES string of the molecule is CC(C)[C@H](C)/C=C/[C@@H](C)[C@H]1CC[C@H]2[C@@H]3C[C@@H](O)[C@@]4(O)C[C@@H](O)CC[C@]4(C)[C@H]3CC[C@]12C. The summed E-state index contributed by atoms with van der Waals surface area (Å²) in [5, 5.41) is 33.1. The zero-order valence-electron chi connectivity index (χ0n) is 20.8. The number of aliphatic hydroxyl groups is 3. The van der Waals surface area contributed by atoms with E-state index in [0.717, 1.165) is 19.3 Å². The second-order valence-corrected chi connectivity index (χ2v) is 12.9. The van der Waals surface area contributed by atoms with Crippen molar-refractivity contribution in [1.82, 2.24) is 0 Å². The summed E-state index contributed by atoms with van der Waals surface area (Å²) >= 11 is 0. The minimum atomic E-state index is -1.12. The lowest BCUT2D eigenvalue weighted by molar-refractivity contribution is -0.264. The van der Waals surface area contributed by atoms with Crippen LogP contribution in [0.1, 0.15) is 92.9 Å². The first-order valence-electron chi connectivity index (χ1n) is 13.2. The van der Waals surface area contributed by atoms with Gasteiger partial charge in [-0.2, -0.15) is 0 Å². The smallest absolute Gasteiger partial charge is 0.0985 e. The molecule has 3 heteroatoms. The number of aliphatic hydroxyl groups excluding tert-OH is 2. The van der Waals surface area contributed by atoms with Crippen molar-refractivity contribution in [2.45, 2.75) is 111 Å². The van der Waals surface area contributed by atoms with Crippen molar-refractivity contribution in [2.75, 3.05) is 0 Å². The summed E-state index contributed by atoms with van der Waals surface area (Å²) in [6, 6.07) is 0. The molecule has 0 radical (unpaired) electrons. The van der Waals surface area contributed by atoms with Crippen molar-refractivity contribution >= 4 is 0 Å². The molecule has 0 amide bonds. The van der Waals surface area contributed by atoms with Gasteiger partial charge in [0.1, 0.15) is 0 Å². The minimum Gasteiger partial charge on any atom is -0.393 e. The van der Waals surface area contributed by atoms with Crippen LogP contribution in [0.3, 0.4) is 0 Å². The largest absolute Gasteiger partial charge is 0.393 e. The highest BCUT2D eigenvalue weighted by Crippen LogP contribution is 2.69. The molecule has 0 aromatic carbocycles. The van der Waals surface area contributed by atoms with Crippen LogP contribution in [0, 0.1) is 52.3 Å². The molecule has 0 bridgehead atoms. The lowest BCUT2D eigenvalue weighted by atomic mass is 9.42. The predicted octanol–water partition coefficient (Wildman–Crippen LogP) is 5.58. The molecule has 0 saturated heterocycles. The van der Waals surface area contributed by atoms with Gasteiger partial charge in [0.05, 0.1) is 17.8 Å². The summed E-state index contributed by atoms with van der Waals surface area (Å²) in [4.78, 5) is 0. The van der Waals surface area contributed by atoms with E-state index in [1.54, 1.807) is 0 Å². The topological polar surface area (TPSA) is 60.7 Å². The Morgan fingerprint density at radius 1 is 0.871 bits per heavy atom. The van der Waals surface area contributed by atoms with Crippen molar-refractivity contribution < 1.29 is 15.3 Å². The van der Waals surface area contributed by atoms with Gasteiger partial charge in [0.15, 0.2) is 0 Å². The molecule has 0 aliphatic heterocycles. The number of hydrogen-bond donors (Lipinski definition) is 3. The highest BCUT2D eigenvalue weighted by molar-refractivity contribution is 5.17. The fourth-order valence-corrected chi connectivity index (χ4v) is 8.87. The van der Waals surface area contributed by atoms with E-state index in [1.165, 1.54) is 19.3 Å². The molecule has 0 aromatic heterocycles. The number of fused-ring (bicyclic) bond motifs is 5. The molecular formula is C28H48O3. The third kappa shape index (κ3) is 3.56. The molecule has 4 aliphatic carbocycles. The molecule has 3 nitrogen and oxygen atoms in total. The van der Waals surface area contributed by atoms with Gasteiger partial charge < -0.3 is 15.3 Å². The van der Waals surface area contributed by atoms with Gasteiger partial charge in [0, 0.05) is 11.8 Å². The molecule has 4 saturated carbocycles. The van der Waals surface area contributed by atoms with Gasteiger partial charge >= 0.3 is 0 Å². The maximum Gasteiger partial charge on any atom is 0.0985 e. The van der Waals surface area contributed by atoms with Crippen LogP contribution in [0.2, 0.25) is 0 Å². The Bertz CT molecular complexity index is 688. The van der Waals surface area contributed by atoms with Crippen molar-refractivity contribution in [3.8, 4) is 0 Å². The highest BCUT2D eigenvalue weighted by Gasteiger charge is 2.67. The van der Waals surface area contributed by atoms with E-state index in [4.69, 9.17) is 0 Å². The summed E-state index contributed by atoms with van der Waals surface area (Å²) in [5.41, 5.74) is -1.06. The van der Waals surface area contributed by atoms with Crippen LogP contribution in [0.15, 0.2) is 12.2 Å². The lowest BCUT2D eigenvalue weighted by Crippen LogP contribution is -2.68. The van der Waals surface area contributed by atoms with Crippen LogP contribution < -0.4 is 0 Å². The molecule has 4 aliphatic rings. The monoisotopic (exact) mass is 432 g/mol. The Balaban J connectivity index is 1.56. The average Bonchev–Trinajstić information content (AvgIpc) is 3.05. The summed E-state index contributed by atoms with van der Waals surface area (Å²) in [6.45, 7) is 14.1. The molecule has 178 valence electrons. The van der Waals surface area contributed by atoms with E-state index in [2.05, 4.69) is 53.7 Å². The molecule has 4 fully saturated rings. The van der Waals surface area contributed by atoms with Gasteiger partial charge in [-0.1, -0.05) is 53.7 Å². The first-order chi connectivity index (χ1) is 14.4. The fraction of sp³-hybridized carbons (Fsp3) is 0.929. The Hall–Kier alpha value is -0.380. The predicted molar refractivity (Wildman–Crippen MR) is 126 cm³/mol. The van der Waals surface area contributed by atoms with E-state index in [-0.39, 0.29) is 5.41 Å². The Labute approximate surface area is 190 Å². The Morgan fingerprint density at radius 2 is 1.58 bits per heavy atom. The Kier molecular flexibility index (Phi) is 6.24. The van der Waals surface area contributed by atoms with Crippen LogP contribution in [0.5, 0.6) is 0 Å². The number of rotatable bonds is 4. The zero-order valence-corrected chi connectivity index (χ0v) is 20.8. The highest BCUT2D eigenvalue weighted by atomic mass is 16.3. The molecule has 0 spiro atoms. The fourth-order valence-electron chi connectivity index (χ4n) is 8.87. The summed E-state index contributed by atoms with van der Waals surface area (Å²) in [5.74, 6) is 4.24. The third-order valence-corrected chi connectivity index (χ3v) is 11.3. The van der Waals surface area contributed by atoms with Gasteiger partial charge in [-0.3, -0.25) is 0 Å². The average molecular weight is 433 g/mol. The van der Waals surface area contributed by atoms with E-state index in [0.29, 0.717) is 59.7 Å². The van der Waals surface area contributed by atoms with Crippen molar-refractivity contribution in [3.63, 3.8) is 0 Å². The van der Waals surface area contributed by atoms with Gasteiger partial charge in [-0.05, 0) is 91.8 Å². The van der Waals surface area contributed by atoms with Crippen LogP contribution in [0.4, 0.5) is 0 Å². The quantitative estimate of drug-likeness (QED) is 0.509. The molecule has 0 unspecified atom stereocenters. The second kappa shape index (κ2) is 8.13. The normalized spacial score (nSPS) is 51.9. The molecular weight excluding hydrogens is 384 g/mol. The molecule has 0 heterocycles. The van der Waals surface area contributed by atoms with Gasteiger partial charge in [0.2, 0.25) is 0 Å². The van der Waals surface area contributed by atoms with Crippen molar-refractivity contribution in [3.05, 3.63) is 12.2 Å². The maximum atomic E-state index is 11.6. The Morgan fingerprint density at radius 3 is 2.26 bits per heavy atom. The number of allylic oxidation sites excluding steroid dienone is 2. The summed E-state index contributed by atoms with van der Waals surface area (Å²) in [7, 11) is 0.